The Hall–Kier alpha value is -1.63. The van der Waals surface area contributed by atoms with E-state index in [1.54, 1.807) is 20.8 Å². The van der Waals surface area contributed by atoms with Crippen molar-refractivity contribution >= 4 is 0 Å². The van der Waals surface area contributed by atoms with Crippen LogP contribution >= 0.6 is 0 Å². The first-order chi connectivity index (χ1) is 8.23. The van der Waals surface area contributed by atoms with Gasteiger partial charge < -0.3 is 4.74 Å². The maximum atomic E-state index is 12.2. The Morgan fingerprint density at radius 2 is 1.72 bits per heavy atom. The van der Waals surface area contributed by atoms with Crippen molar-refractivity contribution in [3.63, 3.8) is 0 Å². The van der Waals surface area contributed by atoms with E-state index in [0.29, 0.717) is 6.61 Å². The molecular weight excluding hydrogens is 238 g/mol. The van der Waals surface area contributed by atoms with Crippen LogP contribution in [-0.2, 0) is 23.9 Å². The second-order valence-electron chi connectivity index (χ2n) is 5.48. The molecule has 0 radical (unpaired) electrons. The van der Waals surface area contributed by atoms with Gasteiger partial charge in [0.25, 0.3) is 0 Å². The highest BCUT2D eigenvalue weighted by atomic mass is 16.6. The zero-order chi connectivity index (χ0) is 13.7. The summed E-state index contributed by atoms with van der Waals surface area (Å²) in [6, 6.07) is 0. The molecule has 0 N–H and O–H groups in total. The van der Waals surface area contributed by atoms with E-state index in [9.17, 15) is 14.4 Å². The van der Waals surface area contributed by atoms with Crippen molar-refractivity contribution < 1.29 is 4.74 Å². The fourth-order valence-corrected chi connectivity index (χ4v) is 1.80. The van der Waals surface area contributed by atoms with Gasteiger partial charge in [0.15, 0.2) is 0 Å². The van der Waals surface area contributed by atoms with E-state index in [2.05, 4.69) is 0 Å². The van der Waals surface area contributed by atoms with E-state index < -0.39 is 22.6 Å². The monoisotopic (exact) mass is 255 g/mol. The predicted molar refractivity (Wildman–Crippen MR) is 64.9 cm³/mol. The second kappa shape index (κ2) is 3.94. The molecule has 0 spiro atoms. The molecule has 1 unspecified atom stereocenters. The van der Waals surface area contributed by atoms with E-state index in [-0.39, 0.29) is 12.6 Å². The molecular formula is C11H17N3O4. The quantitative estimate of drug-likeness (QED) is 0.626. The molecule has 7 nitrogen and oxygen atoms in total. The van der Waals surface area contributed by atoms with Gasteiger partial charge in [0.2, 0.25) is 0 Å². The van der Waals surface area contributed by atoms with Crippen LogP contribution in [0.25, 0.3) is 0 Å². The first-order valence-corrected chi connectivity index (χ1v) is 5.78. The molecule has 1 aromatic rings. The third kappa shape index (κ3) is 2.05. The molecule has 0 aromatic carbocycles. The van der Waals surface area contributed by atoms with Gasteiger partial charge in [-0.1, -0.05) is 0 Å². The molecule has 1 aliphatic rings. The molecule has 0 saturated carbocycles. The summed E-state index contributed by atoms with van der Waals surface area (Å²) in [4.78, 5) is 36.1. The van der Waals surface area contributed by atoms with Crippen molar-refractivity contribution in [1.29, 1.82) is 0 Å². The maximum absolute atomic E-state index is 12.2. The highest BCUT2D eigenvalue weighted by molar-refractivity contribution is 4.86. The highest BCUT2D eigenvalue weighted by Crippen LogP contribution is 2.10. The molecule has 0 amide bonds. The number of nitrogens with zero attached hydrogens (tertiary/aromatic N) is 3. The molecule has 1 aliphatic heterocycles. The Kier molecular flexibility index (Phi) is 2.81. The fourth-order valence-electron chi connectivity index (χ4n) is 1.80. The van der Waals surface area contributed by atoms with Crippen molar-refractivity contribution in [2.45, 2.75) is 39.0 Å². The summed E-state index contributed by atoms with van der Waals surface area (Å²) in [6.07, 6.45) is -0.0960. The van der Waals surface area contributed by atoms with Gasteiger partial charge in [0.1, 0.15) is 0 Å². The van der Waals surface area contributed by atoms with Gasteiger partial charge >= 0.3 is 17.1 Å². The van der Waals surface area contributed by atoms with E-state index in [0.717, 1.165) is 13.7 Å². The van der Waals surface area contributed by atoms with Crippen LogP contribution in [0, 0.1) is 0 Å². The topological polar surface area (TPSA) is 78.5 Å². The van der Waals surface area contributed by atoms with Gasteiger partial charge in [-0.2, -0.15) is 0 Å². The summed E-state index contributed by atoms with van der Waals surface area (Å²) < 4.78 is 8.13. The molecule has 100 valence electrons. The van der Waals surface area contributed by atoms with Crippen LogP contribution in [0.5, 0.6) is 0 Å². The Bertz CT molecular complexity index is 640. The summed E-state index contributed by atoms with van der Waals surface area (Å²) >= 11 is 0. The van der Waals surface area contributed by atoms with E-state index in [1.807, 2.05) is 0 Å². The Morgan fingerprint density at radius 3 is 2.17 bits per heavy atom. The minimum atomic E-state index is -0.675. The fraction of sp³-hybridized carbons (Fsp3) is 0.727. The minimum absolute atomic E-state index is 0.0960. The molecule has 1 aromatic heterocycles. The molecule has 18 heavy (non-hydrogen) atoms. The van der Waals surface area contributed by atoms with Crippen LogP contribution in [0.4, 0.5) is 0 Å². The molecule has 1 saturated heterocycles. The normalized spacial score (nSPS) is 19.0. The number of rotatable bonds is 2. The number of ether oxygens (including phenoxy) is 1. The van der Waals surface area contributed by atoms with Gasteiger partial charge in [-0.25, -0.2) is 28.1 Å². The smallest absolute Gasteiger partial charge is 0.336 e. The molecule has 1 fully saturated rings. The third-order valence-electron chi connectivity index (χ3n) is 2.88. The summed E-state index contributed by atoms with van der Waals surface area (Å²) in [5.74, 6) is 0. The zero-order valence-corrected chi connectivity index (χ0v) is 11.0. The number of hydrogen-bond acceptors (Lipinski definition) is 4. The number of aromatic nitrogens is 3. The third-order valence-corrected chi connectivity index (χ3v) is 2.88. The van der Waals surface area contributed by atoms with Gasteiger partial charge in [-0.3, -0.25) is 0 Å². The maximum Gasteiger partial charge on any atom is 0.336 e. The Morgan fingerprint density at radius 1 is 1.17 bits per heavy atom. The Labute approximate surface area is 103 Å². The van der Waals surface area contributed by atoms with E-state index in [4.69, 9.17) is 4.74 Å². The molecule has 7 heteroatoms. The number of epoxide rings is 1. The van der Waals surface area contributed by atoms with Crippen molar-refractivity contribution in [1.82, 2.24) is 13.7 Å². The lowest BCUT2D eigenvalue weighted by Crippen LogP contribution is -2.58. The summed E-state index contributed by atoms with van der Waals surface area (Å²) in [5.41, 5.74) is -2.44. The largest absolute Gasteiger partial charge is 0.371 e. The molecule has 0 bridgehead atoms. The van der Waals surface area contributed by atoms with Crippen molar-refractivity contribution in [3.05, 3.63) is 31.5 Å². The first-order valence-electron chi connectivity index (χ1n) is 5.78. The second-order valence-corrected chi connectivity index (χ2v) is 5.48. The number of hydrogen-bond donors (Lipinski definition) is 0. The Balaban J connectivity index is 2.75. The van der Waals surface area contributed by atoms with Crippen LogP contribution in [0.3, 0.4) is 0 Å². The molecule has 1 atom stereocenters. The van der Waals surface area contributed by atoms with Crippen LogP contribution < -0.4 is 17.1 Å². The predicted octanol–water partition coefficient (Wildman–Crippen LogP) is -1.14. The molecule has 2 heterocycles. The van der Waals surface area contributed by atoms with Gasteiger partial charge in [0, 0.05) is 12.6 Å². The average molecular weight is 255 g/mol. The molecule has 0 aliphatic carbocycles. The standard InChI is InChI=1S/C11H17N3O4/c1-11(2,3)14-9(16)12(4)8(15)13(10(14)17)5-7-6-18-7/h7H,5-6H2,1-4H3. The van der Waals surface area contributed by atoms with Gasteiger partial charge in [0.05, 0.1) is 19.3 Å². The van der Waals surface area contributed by atoms with E-state index >= 15 is 0 Å². The summed E-state index contributed by atoms with van der Waals surface area (Å²) in [5, 5.41) is 0. The van der Waals surface area contributed by atoms with Crippen LogP contribution in [0.1, 0.15) is 20.8 Å². The van der Waals surface area contributed by atoms with E-state index in [1.165, 1.54) is 7.05 Å². The van der Waals surface area contributed by atoms with Crippen LogP contribution in [0.15, 0.2) is 14.4 Å². The lowest BCUT2D eigenvalue weighted by molar-refractivity contribution is 0.312. The minimum Gasteiger partial charge on any atom is -0.371 e. The zero-order valence-electron chi connectivity index (χ0n) is 11.0. The average Bonchev–Trinajstić information content (AvgIpc) is 3.03. The first kappa shape index (κ1) is 12.8. The van der Waals surface area contributed by atoms with Crippen molar-refractivity contribution in [2.75, 3.05) is 6.61 Å². The van der Waals surface area contributed by atoms with Gasteiger partial charge in [-0.15, -0.1) is 0 Å². The lowest BCUT2D eigenvalue weighted by Gasteiger charge is -2.22. The van der Waals surface area contributed by atoms with Crippen LogP contribution in [0.2, 0.25) is 0 Å². The summed E-state index contributed by atoms with van der Waals surface area (Å²) in [7, 11) is 1.37. The lowest BCUT2D eigenvalue weighted by atomic mass is 10.1. The van der Waals surface area contributed by atoms with Crippen LogP contribution in [-0.4, -0.2) is 26.4 Å². The van der Waals surface area contributed by atoms with Crippen molar-refractivity contribution in [3.8, 4) is 0 Å². The summed E-state index contributed by atoms with van der Waals surface area (Å²) in [6.45, 7) is 5.99. The SMILES string of the molecule is Cn1c(=O)n(CC2CO2)c(=O)n(C(C)(C)C)c1=O. The van der Waals surface area contributed by atoms with Crippen molar-refractivity contribution in [2.24, 2.45) is 7.05 Å². The van der Waals surface area contributed by atoms with Gasteiger partial charge in [-0.05, 0) is 20.8 Å². The molecule has 2 rings (SSSR count). The highest BCUT2D eigenvalue weighted by Gasteiger charge is 2.28.